The van der Waals surface area contributed by atoms with Gasteiger partial charge in [0.05, 0.1) is 10.6 Å². The van der Waals surface area contributed by atoms with Crippen molar-refractivity contribution in [3.8, 4) is 0 Å². The van der Waals surface area contributed by atoms with Crippen LogP contribution in [0.3, 0.4) is 0 Å². The minimum Gasteiger partial charge on any atom is -0.303 e. The molecule has 110 valence electrons. The SMILES string of the molecule is Cc1ccc(S(=O)(=O)C[C@H](C=O)Cc2ccccc2)cc1. The average molecular weight is 302 g/mol. The molecule has 4 heteroatoms. The molecule has 0 N–H and O–H groups in total. The van der Waals surface area contributed by atoms with Crippen LogP contribution in [0.25, 0.3) is 0 Å². The van der Waals surface area contributed by atoms with Gasteiger partial charge >= 0.3 is 0 Å². The summed E-state index contributed by atoms with van der Waals surface area (Å²) in [6.45, 7) is 1.90. The van der Waals surface area contributed by atoms with E-state index in [-0.39, 0.29) is 10.6 Å². The molecule has 2 aromatic carbocycles. The molecule has 0 amide bonds. The second-order valence-electron chi connectivity index (χ2n) is 5.18. The number of carbonyl (C=O) groups excluding carboxylic acids is 1. The van der Waals surface area contributed by atoms with E-state index in [0.717, 1.165) is 17.4 Å². The fourth-order valence-electron chi connectivity index (χ4n) is 2.19. The topological polar surface area (TPSA) is 51.2 Å². The van der Waals surface area contributed by atoms with E-state index in [2.05, 4.69) is 0 Å². The molecular weight excluding hydrogens is 284 g/mol. The van der Waals surface area contributed by atoms with Crippen LogP contribution in [-0.2, 0) is 21.1 Å². The molecule has 0 heterocycles. The normalized spacial score (nSPS) is 12.8. The van der Waals surface area contributed by atoms with Gasteiger partial charge < -0.3 is 4.79 Å². The molecule has 21 heavy (non-hydrogen) atoms. The summed E-state index contributed by atoms with van der Waals surface area (Å²) in [5.74, 6) is -0.687. The third-order valence-electron chi connectivity index (χ3n) is 3.35. The van der Waals surface area contributed by atoms with Crippen LogP contribution < -0.4 is 0 Å². The predicted octanol–water partition coefficient (Wildman–Crippen LogP) is 2.83. The van der Waals surface area contributed by atoms with E-state index in [1.54, 1.807) is 24.3 Å². The first-order chi connectivity index (χ1) is 10.0. The van der Waals surface area contributed by atoms with Crippen molar-refractivity contribution in [2.24, 2.45) is 5.92 Å². The van der Waals surface area contributed by atoms with Crippen molar-refractivity contribution in [3.05, 3.63) is 65.7 Å². The number of hydrogen-bond acceptors (Lipinski definition) is 3. The number of sulfone groups is 1. The second kappa shape index (κ2) is 6.68. The van der Waals surface area contributed by atoms with Crippen molar-refractivity contribution >= 4 is 16.1 Å². The Bertz CT molecular complexity index is 689. The van der Waals surface area contributed by atoms with Crippen molar-refractivity contribution in [3.63, 3.8) is 0 Å². The fourth-order valence-corrected chi connectivity index (χ4v) is 3.69. The van der Waals surface area contributed by atoms with E-state index in [4.69, 9.17) is 0 Å². The molecule has 0 spiro atoms. The van der Waals surface area contributed by atoms with Crippen LogP contribution in [0.4, 0.5) is 0 Å². The highest BCUT2D eigenvalue weighted by Gasteiger charge is 2.21. The maximum absolute atomic E-state index is 12.3. The molecule has 0 unspecified atom stereocenters. The van der Waals surface area contributed by atoms with Gasteiger partial charge in [-0.3, -0.25) is 0 Å². The van der Waals surface area contributed by atoms with Gasteiger partial charge in [-0.25, -0.2) is 8.42 Å². The standard InChI is InChI=1S/C17H18O3S/c1-14-7-9-17(10-8-14)21(19,20)13-16(12-18)11-15-5-3-2-4-6-15/h2-10,12,16H,11,13H2,1H3/t16-/m0/s1. The maximum atomic E-state index is 12.3. The molecule has 0 radical (unpaired) electrons. The second-order valence-corrected chi connectivity index (χ2v) is 7.21. The summed E-state index contributed by atoms with van der Waals surface area (Å²) in [4.78, 5) is 11.5. The van der Waals surface area contributed by atoms with Crippen LogP contribution in [0.1, 0.15) is 11.1 Å². The summed E-state index contributed by atoms with van der Waals surface area (Å²) in [5.41, 5.74) is 1.97. The molecule has 0 aliphatic rings. The number of aldehydes is 1. The number of hydrogen-bond donors (Lipinski definition) is 0. The van der Waals surface area contributed by atoms with Gasteiger partial charge in [0.1, 0.15) is 6.29 Å². The Morgan fingerprint density at radius 2 is 1.62 bits per heavy atom. The van der Waals surface area contributed by atoms with Gasteiger partial charge in [0.15, 0.2) is 9.84 Å². The first-order valence-corrected chi connectivity index (χ1v) is 8.45. The Morgan fingerprint density at radius 1 is 1.00 bits per heavy atom. The largest absolute Gasteiger partial charge is 0.303 e. The smallest absolute Gasteiger partial charge is 0.179 e. The monoisotopic (exact) mass is 302 g/mol. The first kappa shape index (κ1) is 15.4. The summed E-state index contributed by atoms with van der Waals surface area (Å²) >= 11 is 0. The van der Waals surface area contributed by atoms with Crippen LogP contribution in [0.2, 0.25) is 0 Å². The van der Waals surface area contributed by atoms with Crippen molar-refractivity contribution in [2.75, 3.05) is 5.75 Å². The Balaban J connectivity index is 2.14. The summed E-state index contributed by atoms with van der Waals surface area (Å²) in [7, 11) is -3.44. The number of rotatable bonds is 6. The zero-order valence-electron chi connectivity index (χ0n) is 11.9. The van der Waals surface area contributed by atoms with Crippen LogP contribution in [0, 0.1) is 12.8 Å². The van der Waals surface area contributed by atoms with Crippen molar-refractivity contribution in [1.82, 2.24) is 0 Å². The quantitative estimate of drug-likeness (QED) is 0.771. The Morgan fingerprint density at radius 3 is 2.19 bits per heavy atom. The maximum Gasteiger partial charge on any atom is 0.179 e. The zero-order chi connectivity index (χ0) is 15.3. The van der Waals surface area contributed by atoms with Crippen LogP contribution in [0.5, 0.6) is 0 Å². The molecule has 0 aliphatic heterocycles. The van der Waals surface area contributed by atoms with Gasteiger partial charge in [-0.2, -0.15) is 0 Å². The molecule has 3 nitrogen and oxygen atoms in total. The molecule has 0 saturated carbocycles. The molecule has 0 saturated heterocycles. The summed E-state index contributed by atoms with van der Waals surface area (Å²) < 4.78 is 24.7. The zero-order valence-corrected chi connectivity index (χ0v) is 12.7. The lowest BCUT2D eigenvalue weighted by Gasteiger charge is -2.11. The van der Waals surface area contributed by atoms with Gasteiger partial charge in [-0.15, -0.1) is 0 Å². The van der Waals surface area contributed by atoms with Gasteiger partial charge in [-0.1, -0.05) is 48.0 Å². The summed E-state index contributed by atoms with van der Waals surface area (Å²) in [6, 6.07) is 16.2. The van der Waals surface area contributed by atoms with Crippen molar-refractivity contribution < 1.29 is 13.2 Å². The lowest BCUT2D eigenvalue weighted by Crippen LogP contribution is -2.19. The minimum absolute atomic E-state index is 0.158. The molecule has 1 atom stereocenters. The van der Waals surface area contributed by atoms with Gasteiger partial charge in [0.25, 0.3) is 0 Å². The van der Waals surface area contributed by atoms with E-state index in [1.165, 1.54) is 0 Å². The van der Waals surface area contributed by atoms with Crippen molar-refractivity contribution in [1.29, 1.82) is 0 Å². The molecule has 2 rings (SSSR count). The highest BCUT2D eigenvalue weighted by molar-refractivity contribution is 7.91. The van der Waals surface area contributed by atoms with E-state index in [9.17, 15) is 13.2 Å². The number of aryl methyl sites for hydroxylation is 1. The molecule has 0 bridgehead atoms. The molecule has 0 aromatic heterocycles. The fraction of sp³-hybridized carbons (Fsp3) is 0.235. The van der Waals surface area contributed by atoms with E-state index < -0.39 is 15.8 Å². The van der Waals surface area contributed by atoms with Crippen molar-refractivity contribution in [2.45, 2.75) is 18.2 Å². The first-order valence-electron chi connectivity index (χ1n) is 6.80. The van der Waals surface area contributed by atoms with Gasteiger partial charge in [0.2, 0.25) is 0 Å². The Labute approximate surface area is 125 Å². The van der Waals surface area contributed by atoms with E-state index >= 15 is 0 Å². The molecule has 0 fully saturated rings. The number of carbonyl (C=O) groups is 1. The third-order valence-corrected chi connectivity index (χ3v) is 5.20. The van der Waals surface area contributed by atoms with Gasteiger partial charge in [-0.05, 0) is 31.0 Å². The summed E-state index contributed by atoms with van der Waals surface area (Å²) in [5, 5.41) is 0. The average Bonchev–Trinajstić information content (AvgIpc) is 2.48. The molecular formula is C17H18O3S. The van der Waals surface area contributed by atoms with Crippen LogP contribution in [-0.4, -0.2) is 20.5 Å². The Hall–Kier alpha value is -1.94. The lowest BCUT2D eigenvalue weighted by molar-refractivity contribution is -0.110. The van der Waals surface area contributed by atoms with Gasteiger partial charge in [0, 0.05) is 5.92 Å². The predicted molar refractivity (Wildman–Crippen MR) is 82.9 cm³/mol. The number of benzene rings is 2. The van der Waals surface area contributed by atoms with Crippen LogP contribution >= 0.6 is 0 Å². The third kappa shape index (κ3) is 4.26. The Kier molecular flexibility index (Phi) is 4.91. The lowest BCUT2D eigenvalue weighted by atomic mass is 10.0. The molecule has 2 aromatic rings. The van der Waals surface area contributed by atoms with Crippen LogP contribution in [0.15, 0.2) is 59.5 Å². The minimum atomic E-state index is -3.44. The van der Waals surface area contributed by atoms with E-state index in [0.29, 0.717) is 6.42 Å². The highest BCUT2D eigenvalue weighted by atomic mass is 32.2. The summed E-state index contributed by atoms with van der Waals surface area (Å²) in [6.07, 6.45) is 1.17. The highest BCUT2D eigenvalue weighted by Crippen LogP contribution is 2.17. The molecule has 0 aliphatic carbocycles. The van der Waals surface area contributed by atoms with E-state index in [1.807, 2.05) is 37.3 Å².